The fourth-order valence-electron chi connectivity index (χ4n) is 4.43. The van der Waals surface area contributed by atoms with E-state index in [4.69, 9.17) is 0 Å². The number of sulfonamides is 1. The van der Waals surface area contributed by atoms with Crippen LogP contribution in [0, 0.1) is 5.92 Å². The number of hydrogen-bond acceptors (Lipinski definition) is 6. The number of carbonyl (C=O) groups is 1. The molecule has 1 aliphatic heterocycles. The second-order valence-electron chi connectivity index (χ2n) is 9.20. The summed E-state index contributed by atoms with van der Waals surface area (Å²) in [5, 5.41) is 10.7. The van der Waals surface area contributed by atoms with Crippen LogP contribution >= 0.6 is 0 Å². The predicted octanol–water partition coefficient (Wildman–Crippen LogP) is 2.74. The van der Waals surface area contributed by atoms with Crippen molar-refractivity contribution in [3.63, 3.8) is 0 Å². The van der Waals surface area contributed by atoms with E-state index < -0.39 is 21.2 Å². The third kappa shape index (κ3) is 5.13. The van der Waals surface area contributed by atoms with Gasteiger partial charge in [0.2, 0.25) is 0 Å². The Morgan fingerprint density at radius 1 is 1.18 bits per heavy atom. The minimum atomic E-state index is -3.99. The van der Waals surface area contributed by atoms with Crippen LogP contribution in [-0.2, 0) is 10.0 Å². The summed E-state index contributed by atoms with van der Waals surface area (Å²) in [4.78, 5) is 32.6. The molecule has 180 valence electrons. The maximum Gasteiger partial charge on any atom is 0.266 e. The molecule has 3 aromatic rings. The number of aromatic nitrogens is 2. The summed E-state index contributed by atoms with van der Waals surface area (Å²) in [7, 11) is -3.99. The molecule has 1 amide bonds. The zero-order valence-electron chi connectivity index (χ0n) is 19.1. The van der Waals surface area contributed by atoms with Gasteiger partial charge in [0.1, 0.15) is 10.4 Å². The van der Waals surface area contributed by atoms with Crippen molar-refractivity contribution in [3.8, 4) is 0 Å². The van der Waals surface area contributed by atoms with Gasteiger partial charge in [-0.15, -0.1) is 0 Å². The number of fused-ring (bicyclic) bond motifs is 1. The van der Waals surface area contributed by atoms with Crippen LogP contribution in [0.25, 0.3) is 11.0 Å². The van der Waals surface area contributed by atoms with E-state index in [0.29, 0.717) is 55.0 Å². The number of nitrogens with one attached hydrogen (secondary N) is 2. The molecule has 0 aliphatic carbocycles. The molecular formula is C24H28N4O5S. The summed E-state index contributed by atoms with van der Waals surface area (Å²) in [6.45, 7) is 5.10. The molecule has 34 heavy (non-hydrogen) atoms. The first kappa shape index (κ1) is 23.9. The molecule has 1 saturated heterocycles. The standard InChI is InChI=1S/C24H28N4O5S/c1-16(2)14-24(31)10-12-28(13-11-24)23(30)17-6-8-18(9-7-17)27-34(32,33)20-5-3-4-19-22(20)25-15-21(29)26-19/h3-9,15-16,27,31H,10-14H2,1-2H3,(H,26,29). The van der Waals surface area contributed by atoms with Gasteiger partial charge < -0.3 is 15.0 Å². The summed E-state index contributed by atoms with van der Waals surface area (Å²) in [5.41, 5.74) is 0.0662. The molecule has 4 rings (SSSR count). The zero-order chi connectivity index (χ0) is 24.5. The summed E-state index contributed by atoms with van der Waals surface area (Å²) < 4.78 is 28.4. The van der Waals surface area contributed by atoms with Crippen LogP contribution in [0.3, 0.4) is 0 Å². The lowest BCUT2D eigenvalue weighted by atomic mass is 9.84. The number of aliphatic hydroxyl groups is 1. The highest BCUT2D eigenvalue weighted by Crippen LogP contribution is 2.29. The monoisotopic (exact) mass is 484 g/mol. The van der Waals surface area contributed by atoms with Gasteiger partial charge in [0.05, 0.1) is 17.3 Å². The van der Waals surface area contributed by atoms with E-state index in [-0.39, 0.29) is 16.3 Å². The molecule has 3 N–H and O–H groups in total. The molecular weight excluding hydrogens is 456 g/mol. The number of benzene rings is 2. The van der Waals surface area contributed by atoms with E-state index in [1.165, 1.54) is 24.3 Å². The fourth-order valence-corrected chi connectivity index (χ4v) is 5.66. The van der Waals surface area contributed by atoms with Gasteiger partial charge in [-0.25, -0.2) is 13.4 Å². The Labute approximate surface area is 197 Å². The van der Waals surface area contributed by atoms with Gasteiger partial charge in [-0.05, 0) is 61.6 Å². The third-order valence-corrected chi connectivity index (χ3v) is 7.42. The van der Waals surface area contributed by atoms with Gasteiger partial charge >= 0.3 is 0 Å². The molecule has 0 bridgehead atoms. The maximum atomic E-state index is 13.0. The van der Waals surface area contributed by atoms with E-state index in [0.717, 1.165) is 6.20 Å². The minimum Gasteiger partial charge on any atom is -0.390 e. The molecule has 0 unspecified atom stereocenters. The highest BCUT2D eigenvalue weighted by molar-refractivity contribution is 7.93. The molecule has 10 heteroatoms. The van der Waals surface area contributed by atoms with Crippen molar-refractivity contribution in [3.05, 3.63) is 64.6 Å². The van der Waals surface area contributed by atoms with Crippen LogP contribution in [0.2, 0.25) is 0 Å². The summed E-state index contributed by atoms with van der Waals surface area (Å²) in [6, 6.07) is 10.7. The lowest BCUT2D eigenvalue weighted by molar-refractivity contribution is -0.0311. The van der Waals surface area contributed by atoms with E-state index in [2.05, 4.69) is 28.5 Å². The smallest absolute Gasteiger partial charge is 0.266 e. The number of H-pyrrole nitrogens is 1. The molecule has 1 aliphatic rings. The SMILES string of the molecule is CC(C)CC1(O)CCN(C(=O)c2ccc(NS(=O)(=O)c3cccc4[nH]c(=O)cnc34)cc2)CC1. The van der Waals surface area contributed by atoms with Crippen molar-refractivity contribution >= 4 is 32.7 Å². The predicted molar refractivity (Wildman–Crippen MR) is 129 cm³/mol. The normalized spacial score (nSPS) is 16.1. The topological polar surface area (TPSA) is 132 Å². The fraction of sp³-hybridized carbons (Fsp3) is 0.375. The van der Waals surface area contributed by atoms with E-state index >= 15 is 0 Å². The number of nitrogens with zero attached hydrogens (tertiary/aromatic N) is 2. The van der Waals surface area contributed by atoms with Crippen LogP contribution in [0.4, 0.5) is 5.69 Å². The van der Waals surface area contributed by atoms with Crippen molar-refractivity contribution in [1.82, 2.24) is 14.9 Å². The number of piperidine rings is 1. The Kier molecular flexibility index (Phi) is 6.46. The second kappa shape index (κ2) is 9.19. The van der Waals surface area contributed by atoms with Gasteiger partial charge in [-0.2, -0.15) is 0 Å². The summed E-state index contributed by atoms with van der Waals surface area (Å²) in [6.07, 6.45) is 2.83. The van der Waals surface area contributed by atoms with Crippen LogP contribution in [0.15, 0.2) is 58.4 Å². The van der Waals surface area contributed by atoms with Crippen LogP contribution < -0.4 is 10.3 Å². The number of para-hydroxylation sites is 1. The maximum absolute atomic E-state index is 13.0. The molecule has 0 radical (unpaired) electrons. The molecule has 9 nitrogen and oxygen atoms in total. The van der Waals surface area contributed by atoms with Gasteiger partial charge in [-0.3, -0.25) is 14.3 Å². The highest BCUT2D eigenvalue weighted by Gasteiger charge is 2.34. The number of anilines is 1. The van der Waals surface area contributed by atoms with E-state index in [1.807, 2.05) is 0 Å². The third-order valence-electron chi connectivity index (χ3n) is 6.01. The first-order valence-corrected chi connectivity index (χ1v) is 12.7. The molecule has 0 saturated carbocycles. The Morgan fingerprint density at radius 3 is 2.50 bits per heavy atom. The average molecular weight is 485 g/mol. The number of rotatable bonds is 6. The first-order chi connectivity index (χ1) is 16.1. The van der Waals surface area contributed by atoms with Crippen molar-refractivity contribution in [2.24, 2.45) is 5.92 Å². The number of carbonyl (C=O) groups excluding carboxylic acids is 1. The van der Waals surface area contributed by atoms with Crippen LogP contribution in [0.5, 0.6) is 0 Å². The average Bonchev–Trinajstić information content (AvgIpc) is 2.78. The number of amides is 1. The highest BCUT2D eigenvalue weighted by atomic mass is 32.2. The molecule has 1 fully saturated rings. The molecule has 1 aromatic heterocycles. The Hall–Kier alpha value is -3.24. The van der Waals surface area contributed by atoms with Gasteiger partial charge in [0, 0.05) is 24.3 Å². The zero-order valence-corrected chi connectivity index (χ0v) is 19.9. The number of hydrogen-bond donors (Lipinski definition) is 3. The lowest BCUT2D eigenvalue weighted by Crippen LogP contribution is -2.47. The first-order valence-electron chi connectivity index (χ1n) is 11.2. The van der Waals surface area contributed by atoms with Crippen LogP contribution in [-0.4, -0.2) is 53.0 Å². The summed E-state index contributed by atoms with van der Waals surface area (Å²) >= 11 is 0. The quantitative estimate of drug-likeness (QED) is 0.493. The molecule has 2 aromatic carbocycles. The largest absolute Gasteiger partial charge is 0.390 e. The molecule has 0 atom stereocenters. The van der Waals surface area contributed by atoms with Crippen molar-refractivity contribution in [2.45, 2.75) is 43.6 Å². The number of likely N-dealkylation sites (tertiary alicyclic amines) is 1. The Morgan fingerprint density at radius 2 is 1.85 bits per heavy atom. The second-order valence-corrected chi connectivity index (χ2v) is 10.8. The molecule has 2 heterocycles. The lowest BCUT2D eigenvalue weighted by Gasteiger charge is -2.39. The van der Waals surface area contributed by atoms with Crippen molar-refractivity contribution in [2.75, 3.05) is 17.8 Å². The van der Waals surface area contributed by atoms with Gasteiger partial charge in [0.15, 0.2) is 0 Å². The van der Waals surface area contributed by atoms with Crippen molar-refractivity contribution in [1.29, 1.82) is 0 Å². The Balaban J connectivity index is 1.46. The van der Waals surface area contributed by atoms with E-state index in [1.54, 1.807) is 23.1 Å². The van der Waals surface area contributed by atoms with Gasteiger partial charge in [0.25, 0.3) is 21.5 Å². The Bertz CT molecular complexity index is 1360. The van der Waals surface area contributed by atoms with E-state index in [9.17, 15) is 23.1 Å². The number of aromatic amines is 1. The van der Waals surface area contributed by atoms with Gasteiger partial charge in [-0.1, -0.05) is 19.9 Å². The van der Waals surface area contributed by atoms with Crippen LogP contribution in [0.1, 0.15) is 43.5 Å². The minimum absolute atomic E-state index is 0.0661. The van der Waals surface area contributed by atoms with Crippen molar-refractivity contribution < 1.29 is 18.3 Å². The summed E-state index contributed by atoms with van der Waals surface area (Å²) in [5.74, 6) is 0.235. The molecule has 0 spiro atoms.